The highest BCUT2D eigenvalue weighted by Crippen LogP contribution is 2.36. The lowest BCUT2D eigenvalue weighted by atomic mass is 10.0. The predicted molar refractivity (Wildman–Crippen MR) is 91.9 cm³/mol. The van der Waals surface area contributed by atoms with Crippen LogP contribution in [0.3, 0.4) is 0 Å². The van der Waals surface area contributed by atoms with Crippen molar-refractivity contribution in [2.24, 2.45) is 0 Å². The minimum Gasteiger partial charge on any atom is -0.496 e. The Kier molecular flexibility index (Phi) is 4.31. The first-order valence-electron chi connectivity index (χ1n) is 7.77. The van der Waals surface area contributed by atoms with Crippen molar-refractivity contribution >= 4 is 11.6 Å². The van der Waals surface area contributed by atoms with Crippen LogP contribution in [0.1, 0.15) is 33.6 Å². The Morgan fingerprint density at radius 1 is 1.16 bits per heavy atom. The molecule has 0 aliphatic heterocycles. The Balaban J connectivity index is 1.97. The molecule has 0 unspecified atom stereocenters. The van der Waals surface area contributed by atoms with Crippen molar-refractivity contribution in [3.05, 3.63) is 47.0 Å². The number of methoxy groups -OCH3 is 1. The standard InChI is InChI=1S/C18H19N3O4/c1-9-16(10(2)25-21-9)14-8-13(6-7-15(14)23-5)20-18(22)17-11(3)24-12(4)19-17/h6-8H,1-5H3,(H,20,22). The number of ether oxygens (including phenoxy) is 1. The Hall–Kier alpha value is -3.09. The first-order chi connectivity index (χ1) is 11.9. The van der Waals surface area contributed by atoms with Gasteiger partial charge in [-0.25, -0.2) is 4.98 Å². The fraction of sp³-hybridized carbons (Fsp3) is 0.278. The number of nitrogens with one attached hydrogen (secondary N) is 1. The highest BCUT2D eigenvalue weighted by molar-refractivity contribution is 6.04. The molecule has 0 spiro atoms. The van der Waals surface area contributed by atoms with Crippen molar-refractivity contribution in [3.8, 4) is 16.9 Å². The first kappa shape index (κ1) is 16.8. The van der Waals surface area contributed by atoms with Gasteiger partial charge in [-0.1, -0.05) is 5.16 Å². The minimum absolute atomic E-state index is 0.271. The van der Waals surface area contributed by atoms with Crippen LogP contribution >= 0.6 is 0 Å². The Morgan fingerprint density at radius 3 is 2.48 bits per heavy atom. The summed E-state index contributed by atoms with van der Waals surface area (Å²) in [5.41, 5.74) is 3.28. The summed E-state index contributed by atoms with van der Waals surface area (Å²) in [6.45, 7) is 7.10. The van der Waals surface area contributed by atoms with Gasteiger partial charge in [-0.05, 0) is 39.0 Å². The zero-order valence-corrected chi connectivity index (χ0v) is 14.8. The summed E-state index contributed by atoms with van der Waals surface area (Å²) >= 11 is 0. The third kappa shape index (κ3) is 3.13. The number of anilines is 1. The van der Waals surface area contributed by atoms with Crippen molar-refractivity contribution < 1.29 is 18.5 Å². The molecule has 7 heteroatoms. The van der Waals surface area contributed by atoms with Gasteiger partial charge in [0.05, 0.1) is 18.4 Å². The van der Waals surface area contributed by atoms with E-state index >= 15 is 0 Å². The van der Waals surface area contributed by atoms with Gasteiger partial charge in [0.2, 0.25) is 0 Å². The van der Waals surface area contributed by atoms with Gasteiger partial charge in [0, 0.05) is 18.2 Å². The monoisotopic (exact) mass is 341 g/mol. The Labute approximate surface area is 145 Å². The lowest BCUT2D eigenvalue weighted by molar-refractivity contribution is 0.102. The van der Waals surface area contributed by atoms with E-state index in [1.165, 1.54) is 0 Å². The first-order valence-corrected chi connectivity index (χ1v) is 7.77. The van der Waals surface area contributed by atoms with Gasteiger partial charge in [-0.3, -0.25) is 4.79 Å². The van der Waals surface area contributed by atoms with Crippen LogP contribution in [0.5, 0.6) is 5.75 Å². The molecule has 2 heterocycles. The number of amides is 1. The highest BCUT2D eigenvalue weighted by Gasteiger charge is 2.19. The van der Waals surface area contributed by atoms with E-state index in [9.17, 15) is 4.79 Å². The smallest absolute Gasteiger partial charge is 0.277 e. The van der Waals surface area contributed by atoms with Crippen LogP contribution in [0, 0.1) is 27.7 Å². The van der Waals surface area contributed by atoms with Gasteiger partial charge < -0.3 is 19.0 Å². The van der Waals surface area contributed by atoms with E-state index in [1.807, 2.05) is 19.9 Å². The van der Waals surface area contributed by atoms with Gasteiger partial charge in [0.1, 0.15) is 17.3 Å². The highest BCUT2D eigenvalue weighted by atomic mass is 16.5. The third-order valence-electron chi connectivity index (χ3n) is 3.88. The van der Waals surface area contributed by atoms with E-state index in [2.05, 4.69) is 15.5 Å². The van der Waals surface area contributed by atoms with Crippen LogP contribution in [0.15, 0.2) is 27.1 Å². The second kappa shape index (κ2) is 6.43. The minimum atomic E-state index is -0.329. The number of aromatic nitrogens is 2. The zero-order valence-electron chi connectivity index (χ0n) is 14.8. The maximum Gasteiger partial charge on any atom is 0.277 e. The Morgan fingerprint density at radius 2 is 1.92 bits per heavy atom. The average molecular weight is 341 g/mol. The SMILES string of the molecule is COc1ccc(NC(=O)c2nc(C)oc2C)cc1-c1c(C)noc1C. The lowest BCUT2D eigenvalue weighted by Crippen LogP contribution is -2.13. The molecule has 0 aliphatic carbocycles. The van der Waals surface area contributed by atoms with Gasteiger partial charge in [-0.15, -0.1) is 0 Å². The molecule has 1 N–H and O–H groups in total. The van der Waals surface area contributed by atoms with Crippen molar-refractivity contribution in [1.29, 1.82) is 0 Å². The maximum atomic E-state index is 12.4. The van der Waals surface area contributed by atoms with Crippen LogP contribution < -0.4 is 10.1 Å². The maximum absolute atomic E-state index is 12.4. The third-order valence-corrected chi connectivity index (χ3v) is 3.88. The van der Waals surface area contributed by atoms with Crippen molar-refractivity contribution in [3.63, 3.8) is 0 Å². The molecule has 130 valence electrons. The molecule has 1 amide bonds. The number of rotatable bonds is 4. The van der Waals surface area contributed by atoms with E-state index in [0.29, 0.717) is 28.8 Å². The molecule has 0 atom stereocenters. The molecular weight excluding hydrogens is 322 g/mol. The van der Waals surface area contributed by atoms with E-state index in [1.54, 1.807) is 33.1 Å². The number of aryl methyl sites for hydroxylation is 4. The van der Waals surface area contributed by atoms with E-state index in [4.69, 9.17) is 13.7 Å². The summed E-state index contributed by atoms with van der Waals surface area (Å²) in [5.74, 6) is 1.95. The number of benzene rings is 1. The van der Waals surface area contributed by atoms with Crippen LogP contribution in [0.25, 0.3) is 11.1 Å². The number of nitrogens with zero attached hydrogens (tertiary/aromatic N) is 2. The fourth-order valence-corrected chi connectivity index (χ4v) is 2.78. The molecule has 25 heavy (non-hydrogen) atoms. The molecule has 0 aliphatic rings. The summed E-state index contributed by atoms with van der Waals surface area (Å²) in [4.78, 5) is 16.6. The molecule has 0 saturated carbocycles. The molecule has 3 rings (SSSR count). The van der Waals surface area contributed by atoms with Crippen molar-refractivity contribution in [2.75, 3.05) is 12.4 Å². The van der Waals surface area contributed by atoms with E-state index in [-0.39, 0.29) is 11.6 Å². The van der Waals surface area contributed by atoms with Crippen LogP contribution in [-0.4, -0.2) is 23.2 Å². The molecule has 1 aromatic carbocycles. The fourth-order valence-electron chi connectivity index (χ4n) is 2.78. The number of oxazole rings is 1. The van der Waals surface area contributed by atoms with Crippen LogP contribution in [-0.2, 0) is 0 Å². The summed E-state index contributed by atoms with van der Waals surface area (Å²) < 4.78 is 16.0. The predicted octanol–water partition coefficient (Wildman–Crippen LogP) is 3.82. The number of hydrogen-bond donors (Lipinski definition) is 1. The summed E-state index contributed by atoms with van der Waals surface area (Å²) in [6.07, 6.45) is 0. The molecule has 0 saturated heterocycles. The van der Waals surface area contributed by atoms with Crippen molar-refractivity contribution in [2.45, 2.75) is 27.7 Å². The van der Waals surface area contributed by atoms with Crippen LogP contribution in [0.4, 0.5) is 5.69 Å². The molecular formula is C18H19N3O4. The summed E-state index contributed by atoms with van der Waals surface area (Å²) in [5, 5.41) is 6.82. The molecule has 0 bridgehead atoms. The van der Waals surface area contributed by atoms with Crippen molar-refractivity contribution in [1.82, 2.24) is 10.1 Å². The lowest BCUT2D eigenvalue weighted by Gasteiger charge is -2.11. The zero-order chi connectivity index (χ0) is 18.1. The van der Waals surface area contributed by atoms with Gasteiger partial charge >= 0.3 is 0 Å². The molecule has 7 nitrogen and oxygen atoms in total. The molecule has 0 fully saturated rings. The largest absolute Gasteiger partial charge is 0.496 e. The quantitative estimate of drug-likeness (QED) is 0.776. The van der Waals surface area contributed by atoms with E-state index in [0.717, 1.165) is 16.8 Å². The van der Waals surface area contributed by atoms with Gasteiger partial charge in [0.15, 0.2) is 11.6 Å². The molecule has 3 aromatic rings. The second-order valence-electron chi connectivity index (χ2n) is 5.71. The molecule has 2 aromatic heterocycles. The van der Waals surface area contributed by atoms with E-state index < -0.39 is 0 Å². The second-order valence-corrected chi connectivity index (χ2v) is 5.71. The van der Waals surface area contributed by atoms with Gasteiger partial charge in [-0.2, -0.15) is 0 Å². The topological polar surface area (TPSA) is 90.4 Å². The van der Waals surface area contributed by atoms with Crippen LogP contribution in [0.2, 0.25) is 0 Å². The number of carbonyl (C=O) groups excluding carboxylic acids is 1. The molecule has 0 radical (unpaired) electrons. The number of hydrogen-bond acceptors (Lipinski definition) is 6. The van der Waals surface area contributed by atoms with Gasteiger partial charge in [0.25, 0.3) is 5.91 Å². The summed E-state index contributed by atoms with van der Waals surface area (Å²) in [6, 6.07) is 5.38. The Bertz CT molecular complexity index is 920. The summed E-state index contributed by atoms with van der Waals surface area (Å²) in [7, 11) is 1.59. The normalized spacial score (nSPS) is 10.8. The number of carbonyl (C=O) groups is 1. The average Bonchev–Trinajstić information content (AvgIpc) is 3.08.